The molecule has 5 aliphatic rings. The number of aromatic nitrogens is 2. The zero-order valence-corrected chi connectivity index (χ0v) is 21.7. The van der Waals surface area contributed by atoms with E-state index in [1.54, 1.807) is 11.1 Å². The largest absolute Gasteiger partial charge is 0.318 e. The molecule has 5 aliphatic carbocycles. The number of allylic oxidation sites excluding steroid dienone is 7. The van der Waals surface area contributed by atoms with Gasteiger partial charge in [0.25, 0.3) is 0 Å². The maximum absolute atomic E-state index is 2.59. The summed E-state index contributed by atoms with van der Waals surface area (Å²) in [4.78, 5) is 0. The van der Waals surface area contributed by atoms with Crippen molar-refractivity contribution in [3.05, 3.63) is 76.4 Å². The van der Waals surface area contributed by atoms with E-state index in [0.29, 0.717) is 23.7 Å². The minimum atomic E-state index is 0.561. The van der Waals surface area contributed by atoms with Crippen molar-refractivity contribution in [2.75, 3.05) is 0 Å². The SMILES string of the molecule is CCC(C)c1cn(C2=C(n3cc(C(C)CC)c4c3C=CC3CC43)C=CC3CC23)c2c1C=CCC=C2. The Bertz CT molecular complexity index is 1350. The van der Waals surface area contributed by atoms with Gasteiger partial charge in [-0.15, -0.1) is 0 Å². The van der Waals surface area contributed by atoms with Gasteiger partial charge in [0.1, 0.15) is 0 Å². The second-order valence-corrected chi connectivity index (χ2v) is 11.7. The molecule has 6 unspecified atom stereocenters. The molecule has 35 heavy (non-hydrogen) atoms. The Morgan fingerprint density at radius 2 is 1.46 bits per heavy atom. The van der Waals surface area contributed by atoms with Crippen LogP contribution in [0.3, 0.4) is 0 Å². The maximum atomic E-state index is 2.59. The summed E-state index contributed by atoms with van der Waals surface area (Å²) in [6.45, 7) is 9.45. The third-order valence-corrected chi connectivity index (χ3v) is 9.53. The molecule has 2 aromatic rings. The Hall–Kier alpha value is -2.74. The predicted octanol–water partition coefficient (Wildman–Crippen LogP) is 8.91. The molecule has 7 rings (SSSR count). The van der Waals surface area contributed by atoms with Crippen LogP contribution in [0.5, 0.6) is 0 Å². The fourth-order valence-corrected chi connectivity index (χ4v) is 6.82. The third-order valence-electron chi connectivity index (χ3n) is 9.53. The zero-order valence-electron chi connectivity index (χ0n) is 21.7. The highest BCUT2D eigenvalue weighted by atomic mass is 15.1. The highest BCUT2D eigenvalue weighted by Crippen LogP contribution is 2.57. The molecule has 0 bridgehead atoms. The standard InChI is InChI=1S/C33H38N2/c1-5-20(3)27-18-35(29-11-9-7-8-10-24(27)29)33-26-17-23(26)13-15-31(33)34-19-28(21(4)6-2)32-25-16-22(25)12-14-30(32)34/h8-15,18-23,25-26H,5-7,16-17H2,1-4H3. The molecule has 2 saturated carbocycles. The van der Waals surface area contributed by atoms with E-state index in [9.17, 15) is 0 Å². The van der Waals surface area contributed by atoms with Crippen molar-refractivity contribution in [2.45, 2.75) is 77.6 Å². The van der Waals surface area contributed by atoms with Gasteiger partial charge < -0.3 is 9.13 Å². The first-order valence-corrected chi connectivity index (χ1v) is 14.0. The van der Waals surface area contributed by atoms with E-state index in [-0.39, 0.29) is 0 Å². The van der Waals surface area contributed by atoms with Crippen molar-refractivity contribution in [1.29, 1.82) is 0 Å². The van der Waals surface area contributed by atoms with E-state index in [1.807, 2.05) is 0 Å². The predicted molar refractivity (Wildman–Crippen MR) is 149 cm³/mol. The van der Waals surface area contributed by atoms with Crippen molar-refractivity contribution in [2.24, 2.45) is 17.8 Å². The minimum absolute atomic E-state index is 0.561. The van der Waals surface area contributed by atoms with Gasteiger partial charge in [-0.05, 0) is 96.6 Å². The van der Waals surface area contributed by atoms with Gasteiger partial charge in [0.05, 0.1) is 17.1 Å². The molecule has 2 aromatic heterocycles. The molecular weight excluding hydrogens is 424 g/mol. The van der Waals surface area contributed by atoms with Crippen molar-refractivity contribution in [1.82, 2.24) is 9.13 Å². The average Bonchev–Trinajstić information content (AvgIpc) is 3.79. The number of hydrogen-bond donors (Lipinski definition) is 0. The van der Waals surface area contributed by atoms with Crippen molar-refractivity contribution in [3.63, 3.8) is 0 Å². The molecule has 2 heteroatoms. The summed E-state index contributed by atoms with van der Waals surface area (Å²) < 4.78 is 5.17. The summed E-state index contributed by atoms with van der Waals surface area (Å²) in [5.41, 5.74) is 11.9. The van der Waals surface area contributed by atoms with Crippen molar-refractivity contribution >= 4 is 29.6 Å². The molecule has 2 fully saturated rings. The lowest BCUT2D eigenvalue weighted by molar-refractivity contribution is 0.722. The molecule has 0 amide bonds. The van der Waals surface area contributed by atoms with Crippen LogP contribution in [-0.2, 0) is 0 Å². The van der Waals surface area contributed by atoms with E-state index < -0.39 is 0 Å². The fraction of sp³-hybridized carbons (Fsp3) is 0.455. The normalized spacial score (nSPS) is 28.8. The van der Waals surface area contributed by atoms with Crippen LogP contribution in [0.4, 0.5) is 0 Å². The number of hydrogen-bond acceptors (Lipinski definition) is 0. The Morgan fingerprint density at radius 3 is 2.29 bits per heavy atom. The monoisotopic (exact) mass is 462 g/mol. The summed E-state index contributed by atoms with van der Waals surface area (Å²) >= 11 is 0. The van der Waals surface area contributed by atoms with Crippen LogP contribution >= 0.6 is 0 Å². The lowest BCUT2D eigenvalue weighted by Crippen LogP contribution is -2.11. The van der Waals surface area contributed by atoms with Crippen LogP contribution in [0.2, 0.25) is 0 Å². The lowest BCUT2D eigenvalue weighted by atomic mass is 9.91. The van der Waals surface area contributed by atoms with Gasteiger partial charge in [-0.3, -0.25) is 0 Å². The molecule has 6 atom stereocenters. The molecule has 0 aliphatic heterocycles. The third kappa shape index (κ3) is 3.21. The van der Waals surface area contributed by atoms with E-state index >= 15 is 0 Å². The molecule has 2 nitrogen and oxygen atoms in total. The summed E-state index contributed by atoms with van der Waals surface area (Å²) in [7, 11) is 0. The quantitative estimate of drug-likeness (QED) is 0.405. The first kappa shape index (κ1) is 21.5. The fourth-order valence-electron chi connectivity index (χ4n) is 6.82. The van der Waals surface area contributed by atoms with Gasteiger partial charge >= 0.3 is 0 Å². The second kappa shape index (κ2) is 7.88. The highest BCUT2D eigenvalue weighted by molar-refractivity contribution is 5.88. The number of rotatable bonds is 6. The Labute approximate surface area is 210 Å². The number of fused-ring (bicyclic) bond motifs is 5. The molecule has 0 aromatic carbocycles. The van der Waals surface area contributed by atoms with Crippen LogP contribution in [0.1, 0.15) is 111 Å². The first-order valence-electron chi connectivity index (χ1n) is 14.0. The van der Waals surface area contributed by atoms with Crippen LogP contribution in [0.15, 0.2) is 42.8 Å². The summed E-state index contributed by atoms with van der Waals surface area (Å²) in [5.74, 6) is 4.02. The maximum Gasteiger partial charge on any atom is 0.0654 e. The topological polar surface area (TPSA) is 9.86 Å². The van der Waals surface area contributed by atoms with Crippen LogP contribution in [-0.4, -0.2) is 9.13 Å². The molecule has 0 spiro atoms. The smallest absolute Gasteiger partial charge is 0.0654 e. The summed E-state index contributed by atoms with van der Waals surface area (Å²) in [6.07, 6.45) is 30.3. The minimum Gasteiger partial charge on any atom is -0.318 e. The molecule has 180 valence electrons. The van der Waals surface area contributed by atoms with Crippen molar-refractivity contribution < 1.29 is 0 Å². The van der Waals surface area contributed by atoms with Crippen LogP contribution < -0.4 is 0 Å². The van der Waals surface area contributed by atoms with Crippen LogP contribution in [0.25, 0.3) is 29.6 Å². The molecule has 0 saturated heterocycles. The lowest BCUT2D eigenvalue weighted by Gasteiger charge is -2.22. The van der Waals surface area contributed by atoms with E-state index in [1.165, 1.54) is 59.6 Å². The van der Waals surface area contributed by atoms with Crippen molar-refractivity contribution in [3.8, 4) is 0 Å². The Kier molecular flexibility index (Phi) is 4.85. The van der Waals surface area contributed by atoms with Gasteiger partial charge in [-0.25, -0.2) is 0 Å². The van der Waals surface area contributed by atoms with E-state index in [0.717, 1.165) is 18.3 Å². The molecular formula is C33H38N2. The first-order chi connectivity index (χ1) is 17.1. The summed E-state index contributed by atoms with van der Waals surface area (Å²) in [5, 5.41) is 0. The highest BCUT2D eigenvalue weighted by Gasteiger charge is 2.46. The zero-order chi connectivity index (χ0) is 23.8. The van der Waals surface area contributed by atoms with Gasteiger partial charge in [-0.2, -0.15) is 0 Å². The molecule has 0 radical (unpaired) electrons. The molecule has 0 N–H and O–H groups in total. The Morgan fingerprint density at radius 1 is 0.771 bits per heavy atom. The Balaban J connectivity index is 1.47. The summed E-state index contributed by atoms with van der Waals surface area (Å²) in [6, 6.07) is 0. The average molecular weight is 463 g/mol. The van der Waals surface area contributed by atoms with Gasteiger partial charge in [0.2, 0.25) is 0 Å². The van der Waals surface area contributed by atoms with E-state index in [2.05, 4.69) is 97.8 Å². The van der Waals surface area contributed by atoms with Crippen LogP contribution in [0, 0.1) is 17.8 Å². The number of nitrogens with zero attached hydrogens (tertiary/aromatic N) is 2. The second-order valence-electron chi connectivity index (χ2n) is 11.7. The van der Waals surface area contributed by atoms with Gasteiger partial charge in [-0.1, -0.05) is 58.1 Å². The molecule has 2 heterocycles. The van der Waals surface area contributed by atoms with Gasteiger partial charge in [0.15, 0.2) is 0 Å². The van der Waals surface area contributed by atoms with Gasteiger partial charge in [0, 0.05) is 29.6 Å². The van der Waals surface area contributed by atoms with E-state index in [4.69, 9.17) is 0 Å².